The van der Waals surface area contributed by atoms with Gasteiger partial charge in [0.05, 0.1) is 23.5 Å². The summed E-state index contributed by atoms with van der Waals surface area (Å²) in [4.78, 5) is 3.98. The largest absolute Gasteiger partial charge is 0.388 e. The number of hydrogen-bond acceptors (Lipinski definition) is 6. The minimum Gasteiger partial charge on any atom is -0.388 e. The molecule has 3 heterocycles. The summed E-state index contributed by atoms with van der Waals surface area (Å²) < 4.78 is 1.87. The lowest BCUT2D eigenvalue weighted by Crippen LogP contribution is -2.49. The van der Waals surface area contributed by atoms with E-state index in [1.807, 2.05) is 25.5 Å². The van der Waals surface area contributed by atoms with Crippen LogP contribution in [0.4, 0.5) is 0 Å². The average Bonchev–Trinajstić information content (AvgIpc) is 3.05. The van der Waals surface area contributed by atoms with Crippen LogP contribution in [0.25, 0.3) is 0 Å². The van der Waals surface area contributed by atoms with Gasteiger partial charge in [0.1, 0.15) is 12.2 Å². The first-order valence-electron chi connectivity index (χ1n) is 8.17. The number of hydrogen-bond donors (Lipinski definition) is 1. The fourth-order valence-electron chi connectivity index (χ4n) is 3.21. The number of piperidine rings is 1. The Morgan fingerprint density at radius 3 is 2.83 bits per heavy atom. The maximum atomic E-state index is 11.0. The third kappa shape index (κ3) is 3.59. The van der Waals surface area contributed by atoms with Crippen molar-refractivity contribution in [2.75, 3.05) is 13.1 Å². The average molecular weight is 319 g/mol. The SMILES string of the molecule is CCn1nc(C)c(CN2CCCC(O)(Cc3nncn3C)C2)n1. The molecule has 1 aliphatic heterocycles. The zero-order valence-electron chi connectivity index (χ0n) is 14.1. The van der Waals surface area contributed by atoms with Gasteiger partial charge in [-0.1, -0.05) is 0 Å². The molecule has 8 heteroatoms. The van der Waals surface area contributed by atoms with Gasteiger partial charge in [-0.2, -0.15) is 15.0 Å². The lowest BCUT2D eigenvalue weighted by molar-refractivity contribution is -0.0348. The fourth-order valence-corrected chi connectivity index (χ4v) is 3.21. The van der Waals surface area contributed by atoms with Gasteiger partial charge in [-0.3, -0.25) is 4.90 Å². The highest BCUT2D eigenvalue weighted by molar-refractivity contribution is 5.07. The van der Waals surface area contributed by atoms with Crippen LogP contribution in [0.3, 0.4) is 0 Å². The van der Waals surface area contributed by atoms with E-state index in [4.69, 9.17) is 0 Å². The molecule has 23 heavy (non-hydrogen) atoms. The monoisotopic (exact) mass is 319 g/mol. The summed E-state index contributed by atoms with van der Waals surface area (Å²) in [6, 6.07) is 0. The van der Waals surface area contributed by atoms with Crippen molar-refractivity contribution in [1.82, 2.24) is 34.7 Å². The van der Waals surface area contributed by atoms with Crippen molar-refractivity contribution in [2.24, 2.45) is 7.05 Å². The van der Waals surface area contributed by atoms with Crippen LogP contribution in [-0.2, 0) is 26.6 Å². The maximum Gasteiger partial charge on any atom is 0.135 e. The highest BCUT2D eigenvalue weighted by atomic mass is 16.3. The second-order valence-electron chi connectivity index (χ2n) is 6.49. The van der Waals surface area contributed by atoms with E-state index < -0.39 is 5.60 Å². The molecule has 0 aromatic carbocycles. The Labute approximate surface area is 136 Å². The minimum absolute atomic E-state index is 0.528. The quantitative estimate of drug-likeness (QED) is 0.853. The van der Waals surface area contributed by atoms with Gasteiger partial charge < -0.3 is 9.67 Å². The summed E-state index contributed by atoms with van der Waals surface area (Å²) in [6.45, 7) is 7.12. The standard InChI is InChI=1S/C15H25N7O/c1-4-22-18-12(2)13(19-22)9-21-7-5-6-15(23,10-21)8-14-17-16-11-20(14)3/h11,23H,4-10H2,1-3H3. The molecule has 2 aromatic rings. The van der Waals surface area contributed by atoms with Gasteiger partial charge in [-0.25, -0.2) is 0 Å². The molecular weight excluding hydrogens is 294 g/mol. The van der Waals surface area contributed by atoms with E-state index in [0.717, 1.165) is 49.7 Å². The lowest BCUT2D eigenvalue weighted by atomic mass is 9.89. The van der Waals surface area contributed by atoms with Gasteiger partial charge in [-0.15, -0.1) is 10.2 Å². The molecule has 2 aromatic heterocycles. The van der Waals surface area contributed by atoms with E-state index >= 15 is 0 Å². The third-order valence-electron chi connectivity index (χ3n) is 4.50. The van der Waals surface area contributed by atoms with Crippen molar-refractivity contribution >= 4 is 0 Å². The number of β-amino-alcohol motifs (C(OH)–C–C–N with tert-alkyl or cyclic N) is 1. The topological polar surface area (TPSA) is 84.9 Å². The first-order valence-corrected chi connectivity index (χ1v) is 8.17. The van der Waals surface area contributed by atoms with E-state index in [0.29, 0.717) is 13.0 Å². The summed E-state index contributed by atoms with van der Waals surface area (Å²) >= 11 is 0. The van der Waals surface area contributed by atoms with Crippen LogP contribution in [0.15, 0.2) is 6.33 Å². The normalized spacial score (nSPS) is 22.6. The minimum atomic E-state index is -0.756. The number of likely N-dealkylation sites (tertiary alicyclic amines) is 1. The van der Waals surface area contributed by atoms with Gasteiger partial charge in [0, 0.05) is 26.6 Å². The maximum absolute atomic E-state index is 11.0. The molecule has 1 saturated heterocycles. The van der Waals surface area contributed by atoms with E-state index in [1.165, 1.54) is 0 Å². The van der Waals surface area contributed by atoms with E-state index in [-0.39, 0.29) is 0 Å². The highest BCUT2D eigenvalue weighted by Gasteiger charge is 2.35. The van der Waals surface area contributed by atoms with Crippen LogP contribution < -0.4 is 0 Å². The molecule has 0 amide bonds. The Kier molecular flexibility index (Phi) is 4.45. The third-order valence-corrected chi connectivity index (χ3v) is 4.50. The number of aliphatic hydroxyl groups is 1. The number of aromatic nitrogens is 6. The Morgan fingerprint density at radius 2 is 2.17 bits per heavy atom. The molecule has 1 N–H and O–H groups in total. The van der Waals surface area contributed by atoms with E-state index in [9.17, 15) is 5.11 Å². The van der Waals surface area contributed by atoms with Crippen molar-refractivity contribution in [2.45, 2.75) is 51.8 Å². The zero-order valence-corrected chi connectivity index (χ0v) is 14.1. The first-order chi connectivity index (χ1) is 11.0. The van der Waals surface area contributed by atoms with Crippen LogP contribution in [0.2, 0.25) is 0 Å². The summed E-state index contributed by atoms with van der Waals surface area (Å²) in [5, 5.41) is 27.9. The predicted molar refractivity (Wildman–Crippen MR) is 84.6 cm³/mol. The first kappa shape index (κ1) is 16.1. The predicted octanol–water partition coefficient (Wildman–Crippen LogP) is 0.305. The van der Waals surface area contributed by atoms with Crippen molar-refractivity contribution in [3.05, 3.63) is 23.5 Å². The van der Waals surface area contributed by atoms with Gasteiger partial charge in [0.15, 0.2) is 0 Å². The number of aryl methyl sites for hydroxylation is 3. The molecule has 8 nitrogen and oxygen atoms in total. The van der Waals surface area contributed by atoms with Gasteiger partial charge >= 0.3 is 0 Å². The van der Waals surface area contributed by atoms with E-state index in [2.05, 4.69) is 25.3 Å². The number of rotatable bonds is 5. The van der Waals surface area contributed by atoms with Gasteiger partial charge in [0.2, 0.25) is 0 Å². The molecule has 0 aliphatic carbocycles. The molecule has 0 spiro atoms. The molecule has 3 rings (SSSR count). The molecule has 1 unspecified atom stereocenters. The summed E-state index contributed by atoms with van der Waals surface area (Å²) in [6.07, 6.45) is 3.96. The Hall–Kier alpha value is -1.80. The van der Waals surface area contributed by atoms with Crippen LogP contribution in [0, 0.1) is 6.92 Å². The van der Waals surface area contributed by atoms with E-state index in [1.54, 1.807) is 11.1 Å². The smallest absolute Gasteiger partial charge is 0.135 e. The molecule has 1 aliphatic rings. The van der Waals surface area contributed by atoms with Crippen LogP contribution in [-0.4, -0.2) is 58.5 Å². The molecule has 0 saturated carbocycles. The molecular formula is C15H25N7O. The summed E-state index contributed by atoms with van der Waals surface area (Å²) in [5.41, 5.74) is 1.21. The molecule has 0 radical (unpaired) electrons. The summed E-state index contributed by atoms with van der Waals surface area (Å²) in [5.74, 6) is 0.822. The lowest BCUT2D eigenvalue weighted by Gasteiger charge is -2.38. The Bertz CT molecular complexity index is 665. The second-order valence-corrected chi connectivity index (χ2v) is 6.49. The highest BCUT2D eigenvalue weighted by Crippen LogP contribution is 2.25. The molecule has 126 valence electrons. The van der Waals surface area contributed by atoms with Crippen molar-refractivity contribution < 1.29 is 5.11 Å². The fraction of sp³-hybridized carbons (Fsp3) is 0.733. The van der Waals surface area contributed by atoms with Crippen molar-refractivity contribution in [3.8, 4) is 0 Å². The van der Waals surface area contributed by atoms with Crippen molar-refractivity contribution in [1.29, 1.82) is 0 Å². The number of nitrogens with zero attached hydrogens (tertiary/aromatic N) is 7. The molecule has 1 atom stereocenters. The summed E-state index contributed by atoms with van der Waals surface area (Å²) in [7, 11) is 1.91. The second kappa shape index (κ2) is 6.37. The van der Waals surface area contributed by atoms with Gasteiger partial charge in [-0.05, 0) is 33.2 Å². The Balaban J connectivity index is 1.67. The molecule has 1 fully saturated rings. The van der Waals surface area contributed by atoms with Crippen molar-refractivity contribution in [3.63, 3.8) is 0 Å². The van der Waals surface area contributed by atoms with Crippen LogP contribution in [0.1, 0.15) is 37.0 Å². The van der Waals surface area contributed by atoms with Crippen LogP contribution >= 0.6 is 0 Å². The molecule has 0 bridgehead atoms. The van der Waals surface area contributed by atoms with Gasteiger partial charge in [0.25, 0.3) is 0 Å². The Morgan fingerprint density at radius 1 is 1.35 bits per heavy atom. The zero-order chi connectivity index (χ0) is 16.4. The van der Waals surface area contributed by atoms with Crippen LogP contribution in [0.5, 0.6) is 0 Å².